The number of ether oxygens (including phenoxy) is 3. The van der Waals surface area contributed by atoms with Crippen LogP contribution in [0.3, 0.4) is 0 Å². The summed E-state index contributed by atoms with van der Waals surface area (Å²) in [4.78, 5) is 3.09. The van der Waals surface area contributed by atoms with Crippen LogP contribution in [0.15, 0.2) is 36.4 Å². The van der Waals surface area contributed by atoms with Crippen molar-refractivity contribution in [3.05, 3.63) is 46.7 Å². The van der Waals surface area contributed by atoms with Crippen LogP contribution in [-0.2, 0) is 6.54 Å². The van der Waals surface area contributed by atoms with Crippen molar-refractivity contribution in [2.24, 2.45) is 0 Å². The maximum absolute atomic E-state index is 10.6. The van der Waals surface area contributed by atoms with Crippen LogP contribution in [0.1, 0.15) is 11.7 Å². The minimum atomic E-state index is -1.14. The van der Waals surface area contributed by atoms with Crippen LogP contribution >= 0.6 is 12.2 Å². The van der Waals surface area contributed by atoms with Crippen molar-refractivity contribution < 1.29 is 24.4 Å². The van der Waals surface area contributed by atoms with Gasteiger partial charge in [-0.1, -0.05) is 12.1 Å². The van der Waals surface area contributed by atoms with Gasteiger partial charge in [-0.05, 0) is 42.0 Å². The Labute approximate surface area is 154 Å². The van der Waals surface area contributed by atoms with E-state index in [1.807, 2.05) is 24.3 Å². The number of nitrogens with one attached hydrogen (secondary N) is 1. The molecule has 1 aliphatic heterocycles. The first-order chi connectivity index (χ1) is 12.6. The molecule has 2 aromatic carbocycles. The molecular formula is C18H18N2O5S. The van der Waals surface area contributed by atoms with Gasteiger partial charge in [0.05, 0.1) is 24.7 Å². The van der Waals surface area contributed by atoms with Gasteiger partial charge in [-0.15, -0.1) is 0 Å². The molecule has 0 amide bonds. The Morgan fingerprint density at radius 3 is 2.88 bits per heavy atom. The normalized spacial score (nSPS) is 15.2. The number of imidazole rings is 1. The summed E-state index contributed by atoms with van der Waals surface area (Å²) in [5, 5.41) is 21.2. The van der Waals surface area contributed by atoms with Gasteiger partial charge in [-0.25, -0.2) is 0 Å². The van der Waals surface area contributed by atoms with Gasteiger partial charge in [-0.2, -0.15) is 0 Å². The Kier molecular flexibility index (Phi) is 4.31. The molecule has 136 valence electrons. The molecule has 3 N–H and O–H groups in total. The average molecular weight is 374 g/mol. The van der Waals surface area contributed by atoms with E-state index in [1.165, 1.54) is 7.11 Å². The second-order valence-corrected chi connectivity index (χ2v) is 6.41. The van der Waals surface area contributed by atoms with Gasteiger partial charge in [0, 0.05) is 0 Å². The van der Waals surface area contributed by atoms with Crippen LogP contribution in [0.2, 0.25) is 0 Å². The second-order valence-electron chi connectivity index (χ2n) is 6.03. The summed E-state index contributed by atoms with van der Waals surface area (Å²) < 4.78 is 18.3. The van der Waals surface area contributed by atoms with Crippen LogP contribution in [0.5, 0.6) is 17.2 Å². The molecule has 8 heteroatoms. The minimum absolute atomic E-state index is 0.0955. The molecule has 0 saturated heterocycles. The summed E-state index contributed by atoms with van der Waals surface area (Å²) in [5.74, 6) is 1.43. The Bertz CT molecular complexity index is 1010. The second kappa shape index (κ2) is 6.64. The molecule has 26 heavy (non-hydrogen) atoms. The van der Waals surface area contributed by atoms with Crippen LogP contribution < -0.4 is 14.2 Å². The molecule has 0 spiro atoms. The van der Waals surface area contributed by atoms with Gasteiger partial charge in [-0.3, -0.25) is 0 Å². The molecule has 2 atom stereocenters. The number of hydrogen-bond acceptors (Lipinski definition) is 6. The average Bonchev–Trinajstić information content (AvgIpc) is 3.24. The fourth-order valence-electron chi connectivity index (χ4n) is 3.12. The molecule has 0 saturated carbocycles. The summed E-state index contributed by atoms with van der Waals surface area (Å²) in [6.45, 7) is 0.235. The van der Waals surface area contributed by atoms with Crippen molar-refractivity contribution in [1.29, 1.82) is 0 Å². The zero-order chi connectivity index (χ0) is 18.3. The number of H-pyrrole nitrogens is 1. The highest BCUT2D eigenvalue weighted by molar-refractivity contribution is 7.71. The number of aromatic amines is 1. The van der Waals surface area contributed by atoms with E-state index in [0.717, 1.165) is 11.0 Å². The maximum atomic E-state index is 10.6. The lowest BCUT2D eigenvalue weighted by Gasteiger charge is -2.20. The van der Waals surface area contributed by atoms with E-state index in [-0.39, 0.29) is 13.3 Å². The van der Waals surface area contributed by atoms with Crippen LogP contribution in [0, 0.1) is 4.77 Å². The fraction of sp³-hybridized carbons (Fsp3) is 0.278. The van der Waals surface area contributed by atoms with Crippen molar-refractivity contribution in [1.82, 2.24) is 9.55 Å². The Morgan fingerprint density at radius 2 is 2.08 bits per heavy atom. The number of aromatic nitrogens is 2. The topological polar surface area (TPSA) is 88.9 Å². The molecule has 0 radical (unpaired) electrons. The number of rotatable bonds is 5. The van der Waals surface area contributed by atoms with Crippen LogP contribution in [0.4, 0.5) is 0 Å². The summed E-state index contributed by atoms with van der Waals surface area (Å²) >= 11 is 5.34. The lowest BCUT2D eigenvalue weighted by atomic mass is 10.0. The van der Waals surface area contributed by atoms with E-state index >= 15 is 0 Å². The third kappa shape index (κ3) is 2.82. The first kappa shape index (κ1) is 16.9. The zero-order valence-electron chi connectivity index (χ0n) is 14.0. The van der Waals surface area contributed by atoms with Gasteiger partial charge in [0.25, 0.3) is 0 Å². The van der Waals surface area contributed by atoms with Crippen molar-refractivity contribution in [3.8, 4) is 17.2 Å². The van der Waals surface area contributed by atoms with Gasteiger partial charge in [0.2, 0.25) is 12.5 Å². The minimum Gasteiger partial charge on any atom is -0.493 e. The number of para-hydroxylation sites is 2. The predicted octanol–water partition coefficient (Wildman–Crippen LogP) is 2.53. The molecule has 0 aliphatic carbocycles. The van der Waals surface area contributed by atoms with Crippen molar-refractivity contribution >= 4 is 23.3 Å². The number of nitrogens with zero attached hydrogens (tertiary/aromatic N) is 1. The van der Waals surface area contributed by atoms with E-state index in [0.29, 0.717) is 27.6 Å². The standard InChI is InChI=1S/C18H18N2O5S/c1-23-14-6-10(7-15-17(14)25-9-24-15)16(22)13(21)8-20-12-5-3-2-4-11(12)19-18(20)26/h2-7,13,16,21-22H,8-9H2,1H3,(H,19,26)/t13-,16+/m0/s1. The van der Waals surface area contributed by atoms with E-state index in [9.17, 15) is 10.2 Å². The van der Waals surface area contributed by atoms with E-state index in [2.05, 4.69) is 4.98 Å². The Hall–Kier alpha value is -2.55. The molecule has 3 aromatic rings. The first-order valence-electron chi connectivity index (χ1n) is 8.09. The zero-order valence-corrected chi connectivity index (χ0v) is 14.8. The van der Waals surface area contributed by atoms with Gasteiger partial charge in [0.15, 0.2) is 16.3 Å². The van der Waals surface area contributed by atoms with E-state index in [1.54, 1.807) is 16.7 Å². The molecule has 1 aromatic heterocycles. The quantitative estimate of drug-likeness (QED) is 0.595. The predicted molar refractivity (Wildman–Crippen MR) is 97.2 cm³/mol. The maximum Gasteiger partial charge on any atom is 0.231 e. The van der Waals surface area contributed by atoms with E-state index in [4.69, 9.17) is 26.4 Å². The number of aliphatic hydroxyl groups is 2. The summed E-state index contributed by atoms with van der Waals surface area (Å²) in [6.07, 6.45) is -2.22. The number of hydrogen-bond donors (Lipinski definition) is 3. The number of methoxy groups -OCH3 is 1. The molecule has 0 bridgehead atoms. The van der Waals surface area contributed by atoms with Gasteiger partial charge >= 0.3 is 0 Å². The Balaban J connectivity index is 1.63. The van der Waals surface area contributed by atoms with Crippen LogP contribution in [0.25, 0.3) is 11.0 Å². The Morgan fingerprint density at radius 1 is 1.27 bits per heavy atom. The van der Waals surface area contributed by atoms with Gasteiger partial charge in [0.1, 0.15) is 12.2 Å². The molecule has 7 nitrogen and oxygen atoms in total. The third-order valence-corrected chi connectivity index (χ3v) is 4.76. The largest absolute Gasteiger partial charge is 0.493 e. The first-order valence-corrected chi connectivity index (χ1v) is 8.50. The summed E-state index contributed by atoms with van der Waals surface area (Å²) in [5.41, 5.74) is 2.22. The lowest BCUT2D eigenvalue weighted by Crippen LogP contribution is -2.24. The molecule has 4 rings (SSSR count). The number of fused-ring (bicyclic) bond motifs is 2. The summed E-state index contributed by atoms with van der Waals surface area (Å²) in [7, 11) is 1.51. The van der Waals surface area contributed by atoms with Gasteiger partial charge < -0.3 is 34.0 Å². The van der Waals surface area contributed by atoms with Crippen molar-refractivity contribution in [2.75, 3.05) is 13.9 Å². The smallest absolute Gasteiger partial charge is 0.231 e. The molecule has 0 fully saturated rings. The highest BCUT2D eigenvalue weighted by Gasteiger charge is 2.26. The SMILES string of the molecule is COc1cc([C@@H](O)[C@@H](O)Cn2c(=S)[nH]c3ccccc32)cc2c1OCO2. The highest BCUT2D eigenvalue weighted by Crippen LogP contribution is 2.43. The van der Waals surface area contributed by atoms with E-state index < -0.39 is 12.2 Å². The molecular weight excluding hydrogens is 356 g/mol. The molecule has 2 heterocycles. The highest BCUT2D eigenvalue weighted by atomic mass is 32.1. The number of aliphatic hydroxyl groups excluding tert-OH is 2. The molecule has 0 unspecified atom stereocenters. The lowest BCUT2D eigenvalue weighted by molar-refractivity contribution is 0.00843. The summed E-state index contributed by atoms with van der Waals surface area (Å²) in [6, 6.07) is 10.9. The fourth-order valence-corrected chi connectivity index (χ4v) is 3.40. The van der Waals surface area contributed by atoms with Crippen LogP contribution in [-0.4, -0.2) is 39.8 Å². The van der Waals surface area contributed by atoms with Crippen molar-refractivity contribution in [3.63, 3.8) is 0 Å². The third-order valence-electron chi connectivity index (χ3n) is 4.44. The number of benzene rings is 2. The molecule has 1 aliphatic rings. The van der Waals surface area contributed by atoms with Crippen molar-refractivity contribution in [2.45, 2.75) is 18.8 Å². The monoisotopic (exact) mass is 374 g/mol.